The summed E-state index contributed by atoms with van der Waals surface area (Å²) < 4.78 is 0. The molecule has 0 fully saturated rings. The summed E-state index contributed by atoms with van der Waals surface area (Å²) in [5, 5.41) is 27.1. The monoisotopic (exact) mass is 175 g/mol. The lowest BCUT2D eigenvalue weighted by Gasteiger charge is -1.95. The van der Waals surface area contributed by atoms with Crippen LogP contribution in [0.3, 0.4) is 0 Å². The highest BCUT2D eigenvalue weighted by Crippen LogP contribution is 1.97. The highest BCUT2D eigenvalue weighted by atomic mass is 16.4. The first-order valence-electron chi connectivity index (χ1n) is 3.24. The highest BCUT2D eigenvalue weighted by molar-refractivity contribution is 6.35. The van der Waals surface area contributed by atoms with E-state index in [0.29, 0.717) is 0 Å². The summed E-state index contributed by atoms with van der Waals surface area (Å²) in [7, 11) is 0. The molecule has 0 aromatic rings. The van der Waals surface area contributed by atoms with Gasteiger partial charge >= 0.3 is 11.9 Å². The minimum Gasteiger partial charge on any atom is -0.481 e. The fourth-order valence-corrected chi connectivity index (χ4v) is 0.607. The molecule has 0 unspecified atom stereocenters. The van der Waals surface area contributed by atoms with Gasteiger partial charge in [-0.25, -0.2) is 4.79 Å². The predicted octanol–water partition coefficient (Wildman–Crippen LogP) is 0.156. The van der Waals surface area contributed by atoms with Crippen LogP contribution in [0.2, 0.25) is 0 Å². The van der Waals surface area contributed by atoms with Gasteiger partial charge in [0.25, 0.3) is 0 Å². The van der Waals surface area contributed by atoms with Gasteiger partial charge in [0.15, 0.2) is 5.71 Å². The third-order valence-electron chi connectivity index (χ3n) is 1.17. The van der Waals surface area contributed by atoms with Crippen LogP contribution in [-0.4, -0.2) is 33.1 Å². The summed E-state index contributed by atoms with van der Waals surface area (Å²) in [5.74, 6) is -2.33. The van der Waals surface area contributed by atoms with Gasteiger partial charge in [0.05, 0.1) is 0 Å². The largest absolute Gasteiger partial charge is 0.481 e. The molecule has 6 nitrogen and oxygen atoms in total. The normalized spacial score (nSPS) is 11.2. The van der Waals surface area contributed by atoms with E-state index in [1.807, 2.05) is 0 Å². The van der Waals surface area contributed by atoms with Crippen molar-refractivity contribution in [3.8, 4) is 0 Å². The number of aliphatic carboxylic acids is 2. The van der Waals surface area contributed by atoms with Crippen LogP contribution in [0, 0.1) is 0 Å². The lowest BCUT2D eigenvalue weighted by Crippen LogP contribution is -2.13. The van der Waals surface area contributed by atoms with Crippen molar-refractivity contribution in [3.05, 3.63) is 0 Å². The van der Waals surface area contributed by atoms with Crippen molar-refractivity contribution in [2.75, 3.05) is 0 Å². The van der Waals surface area contributed by atoms with Gasteiger partial charge in [-0.1, -0.05) is 5.16 Å². The van der Waals surface area contributed by atoms with Crippen LogP contribution in [0.15, 0.2) is 5.16 Å². The van der Waals surface area contributed by atoms with Crippen LogP contribution in [0.5, 0.6) is 0 Å². The van der Waals surface area contributed by atoms with Crippen LogP contribution < -0.4 is 0 Å². The summed E-state index contributed by atoms with van der Waals surface area (Å²) in [6.07, 6.45) is -0.0224. The van der Waals surface area contributed by atoms with Crippen LogP contribution in [-0.2, 0) is 9.59 Å². The molecule has 0 aliphatic heterocycles. The number of carbonyl (C=O) groups is 2. The second kappa shape index (κ2) is 5.11. The van der Waals surface area contributed by atoms with Gasteiger partial charge in [-0.3, -0.25) is 4.79 Å². The van der Waals surface area contributed by atoms with Crippen molar-refractivity contribution in [1.82, 2.24) is 0 Å². The molecule has 6 heteroatoms. The molecular formula is C6H9NO5. The average Bonchev–Trinajstić information content (AvgIpc) is 1.96. The first kappa shape index (κ1) is 10.4. The Morgan fingerprint density at radius 1 is 1.17 bits per heavy atom. The van der Waals surface area contributed by atoms with Gasteiger partial charge in [0.1, 0.15) is 0 Å². The van der Waals surface area contributed by atoms with E-state index in [1.54, 1.807) is 0 Å². The lowest BCUT2D eigenvalue weighted by molar-refractivity contribution is -0.137. The standard InChI is InChI=1S/C6H9NO5/c8-5(9)3-1-2-4(7-12)6(10)11/h12H,1-3H2,(H,8,9)(H,10,11). The molecule has 0 aromatic carbocycles. The van der Waals surface area contributed by atoms with Crippen LogP contribution in [0.1, 0.15) is 19.3 Å². The summed E-state index contributed by atoms with van der Waals surface area (Å²) in [6.45, 7) is 0. The van der Waals surface area contributed by atoms with E-state index >= 15 is 0 Å². The Labute approximate surface area is 68.1 Å². The lowest BCUT2D eigenvalue weighted by atomic mass is 10.2. The Bertz CT molecular complexity index is 210. The summed E-state index contributed by atoms with van der Waals surface area (Å²) in [5.41, 5.74) is -0.420. The van der Waals surface area contributed by atoms with Crippen molar-refractivity contribution < 1.29 is 25.0 Å². The minimum atomic E-state index is -1.33. The predicted molar refractivity (Wildman–Crippen MR) is 38.3 cm³/mol. The van der Waals surface area contributed by atoms with Crippen LogP contribution in [0.25, 0.3) is 0 Å². The third kappa shape index (κ3) is 4.26. The number of nitrogens with zero attached hydrogens (tertiary/aromatic N) is 1. The number of carboxylic acid groups (broad SMARTS) is 2. The minimum absolute atomic E-state index is 0.0435. The molecule has 0 saturated carbocycles. The smallest absolute Gasteiger partial charge is 0.353 e. The first-order chi connectivity index (χ1) is 5.57. The summed E-state index contributed by atoms with van der Waals surface area (Å²) in [4.78, 5) is 20.2. The maximum atomic E-state index is 10.2. The van der Waals surface area contributed by atoms with E-state index in [4.69, 9.17) is 15.4 Å². The van der Waals surface area contributed by atoms with E-state index in [1.165, 1.54) is 0 Å². The van der Waals surface area contributed by atoms with Crippen molar-refractivity contribution in [2.24, 2.45) is 5.16 Å². The van der Waals surface area contributed by atoms with E-state index in [9.17, 15) is 9.59 Å². The SMILES string of the molecule is O=C(O)CCCC(=NO)C(=O)O. The van der Waals surface area contributed by atoms with E-state index in [-0.39, 0.29) is 19.3 Å². The molecule has 0 atom stereocenters. The van der Waals surface area contributed by atoms with E-state index in [2.05, 4.69) is 5.16 Å². The number of carboxylic acids is 2. The first-order valence-corrected chi connectivity index (χ1v) is 3.24. The van der Waals surface area contributed by atoms with Gasteiger partial charge < -0.3 is 15.4 Å². The average molecular weight is 175 g/mol. The summed E-state index contributed by atoms with van der Waals surface area (Å²) in [6, 6.07) is 0. The number of hydrogen-bond acceptors (Lipinski definition) is 4. The Hall–Kier alpha value is -1.59. The quantitative estimate of drug-likeness (QED) is 0.313. The highest BCUT2D eigenvalue weighted by Gasteiger charge is 2.10. The molecule has 0 heterocycles. The molecule has 12 heavy (non-hydrogen) atoms. The molecule has 0 rings (SSSR count). The van der Waals surface area contributed by atoms with Crippen molar-refractivity contribution in [3.63, 3.8) is 0 Å². The van der Waals surface area contributed by atoms with Crippen LogP contribution >= 0.6 is 0 Å². The molecule has 0 aromatic heterocycles. The topological polar surface area (TPSA) is 107 Å². The second-order valence-corrected chi connectivity index (χ2v) is 2.10. The zero-order chi connectivity index (χ0) is 9.56. The molecule has 0 bridgehead atoms. The Morgan fingerprint density at radius 2 is 1.75 bits per heavy atom. The van der Waals surface area contributed by atoms with Gasteiger partial charge in [-0.05, 0) is 6.42 Å². The van der Waals surface area contributed by atoms with Gasteiger partial charge in [-0.15, -0.1) is 0 Å². The molecule has 0 amide bonds. The second-order valence-electron chi connectivity index (χ2n) is 2.10. The van der Waals surface area contributed by atoms with Gasteiger partial charge in [0.2, 0.25) is 0 Å². The molecule has 0 saturated heterocycles. The molecule has 0 radical (unpaired) electrons. The Morgan fingerprint density at radius 3 is 2.08 bits per heavy atom. The van der Waals surface area contributed by atoms with Gasteiger partial charge in [0, 0.05) is 12.8 Å². The molecular weight excluding hydrogens is 166 g/mol. The maximum Gasteiger partial charge on any atom is 0.353 e. The maximum absolute atomic E-state index is 10.2. The number of rotatable bonds is 5. The number of oxime groups is 1. The zero-order valence-electron chi connectivity index (χ0n) is 6.23. The van der Waals surface area contributed by atoms with E-state index in [0.717, 1.165) is 0 Å². The van der Waals surface area contributed by atoms with Crippen LogP contribution in [0.4, 0.5) is 0 Å². The number of hydrogen-bond donors (Lipinski definition) is 3. The van der Waals surface area contributed by atoms with E-state index < -0.39 is 17.7 Å². The molecule has 0 aliphatic rings. The molecule has 3 N–H and O–H groups in total. The molecule has 68 valence electrons. The van der Waals surface area contributed by atoms with Gasteiger partial charge in [-0.2, -0.15) is 0 Å². The summed E-state index contributed by atoms with van der Waals surface area (Å²) >= 11 is 0. The fourth-order valence-electron chi connectivity index (χ4n) is 0.607. The zero-order valence-corrected chi connectivity index (χ0v) is 6.23. The van der Waals surface area contributed by atoms with Crippen molar-refractivity contribution in [1.29, 1.82) is 0 Å². The Balaban J connectivity index is 3.76. The third-order valence-corrected chi connectivity index (χ3v) is 1.17. The molecule has 0 aliphatic carbocycles. The Kier molecular flexibility index (Phi) is 4.43. The fraction of sp³-hybridized carbons (Fsp3) is 0.500. The molecule has 0 spiro atoms. The van der Waals surface area contributed by atoms with Crippen molar-refractivity contribution in [2.45, 2.75) is 19.3 Å². The van der Waals surface area contributed by atoms with Crippen molar-refractivity contribution >= 4 is 17.7 Å².